The highest BCUT2D eigenvalue weighted by Crippen LogP contribution is 2.24. The molecule has 2 amide bonds. The molecule has 98 valence electrons. The molecule has 1 aromatic rings. The van der Waals surface area contributed by atoms with E-state index in [2.05, 4.69) is 5.92 Å². The SMILES string of the molecule is C#CCN1CCN(c2ccc(C)c(Cl)c2)C(=O)C1=O. The molecular formula is C14H13ClN2O2. The first-order valence-corrected chi connectivity index (χ1v) is 6.22. The Balaban J connectivity index is 2.23. The van der Waals surface area contributed by atoms with Crippen LogP contribution in [0.3, 0.4) is 0 Å². The summed E-state index contributed by atoms with van der Waals surface area (Å²) in [6, 6.07) is 5.30. The number of terminal acetylenes is 1. The number of carbonyl (C=O) groups is 2. The monoisotopic (exact) mass is 276 g/mol. The van der Waals surface area contributed by atoms with Crippen molar-refractivity contribution < 1.29 is 9.59 Å². The van der Waals surface area contributed by atoms with Crippen molar-refractivity contribution in [2.24, 2.45) is 0 Å². The van der Waals surface area contributed by atoms with E-state index in [-0.39, 0.29) is 6.54 Å². The summed E-state index contributed by atoms with van der Waals surface area (Å²) in [6.45, 7) is 2.89. The van der Waals surface area contributed by atoms with Crippen LogP contribution in [0.5, 0.6) is 0 Å². The predicted octanol–water partition coefficient (Wildman–Crippen LogP) is 1.46. The second-order valence-corrected chi connectivity index (χ2v) is 4.73. The van der Waals surface area contributed by atoms with Crippen LogP contribution < -0.4 is 4.90 Å². The number of hydrogen-bond donors (Lipinski definition) is 0. The molecule has 1 saturated heterocycles. The maximum absolute atomic E-state index is 12.0. The third kappa shape index (κ3) is 2.56. The summed E-state index contributed by atoms with van der Waals surface area (Å²) in [5.41, 5.74) is 1.56. The second kappa shape index (κ2) is 5.33. The number of anilines is 1. The molecular weight excluding hydrogens is 264 g/mol. The Morgan fingerprint density at radius 3 is 2.68 bits per heavy atom. The third-order valence-electron chi connectivity index (χ3n) is 3.06. The molecule has 5 heteroatoms. The van der Waals surface area contributed by atoms with Gasteiger partial charge in [-0.3, -0.25) is 9.59 Å². The first-order valence-electron chi connectivity index (χ1n) is 5.85. The van der Waals surface area contributed by atoms with Crippen LogP contribution in [0.4, 0.5) is 5.69 Å². The van der Waals surface area contributed by atoms with Gasteiger partial charge in [0.2, 0.25) is 0 Å². The van der Waals surface area contributed by atoms with Gasteiger partial charge in [-0.15, -0.1) is 6.42 Å². The van der Waals surface area contributed by atoms with Gasteiger partial charge < -0.3 is 9.80 Å². The smallest absolute Gasteiger partial charge is 0.316 e. The fraction of sp³-hybridized carbons (Fsp3) is 0.286. The lowest BCUT2D eigenvalue weighted by molar-refractivity contribution is -0.145. The molecule has 19 heavy (non-hydrogen) atoms. The standard InChI is InChI=1S/C14H13ClN2O2/c1-3-6-16-7-8-17(14(19)13(16)18)11-5-4-10(2)12(15)9-11/h1,4-5,9H,6-8H2,2H3. The first kappa shape index (κ1) is 13.4. The number of halogens is 1. The Morgan fingerprint density at radius 2 is 2.05 bits per heavy atom. The molecule has 1 fully saturated rings. The zero-order valence-corrected chi connectivity index (χ0v) is 11.3. The van der Waals surface area contributed by atoms with Gasteiger partial charge in [-0.05, 0) is 24.6 Å². The number of carbonyl (C=O) groups excluding carboxylic acids is 2. The lowest BCUT2D eigenvalue weighted by Crippen LogP contribution is -2.54. The van der Waals surface area contributed by atoms with E-state index in [1.54, 1.807) is 12.1 Å². The van der Waals surface area contributed by atoms with Crippen molar-refractivity contribution in [1.82, 2.24) is 4.90 Å². The van der Waals surface area contributed by atoms with Crippen LogP contribution in [0, 0.1) is 19.3 Å². The van der Waals surface area contributed by atoms with Gasteiger partial charge in [0.15, 0.2) is 0 Å². The Labute approximate surface area is 116 Å². The quantitative estimate of drug-likeness (QED) is 0.606. The summed E-state index contributed by atoms with van der Waals surface area (Å²) in [5.74, 6) is 1.24. The van der Waals surface area contributed by atoms with E-state index >= 15 is 0 Å². The molecule has 0 aliphatic carbocycles. The Kier molecular flexibility index (Phi) is 3.77. The normalized spacial score (nSPS) is 15.6. The van der Waals surface area contributed by atoms with Crippen molar-refractivity contribution >= 4 is 29.1 Å². The van der Waals surface area contributed by atoms with Gasteiger partial charge in [0.1, 0.15) is 0 Å². The van der Waals surface area contributed by atoms with E-state index in [0.29, 0.717) is 23.8 Å². The van der Waals surface area contributed by atoms with Gasteiger partial charge in [0, 0.05) is 23.8 Å². The van der Waals surface area contributed by atoms with Gasteiger partial charge in [-0.2, -0.15) is 0 Å². The molecule has 0 spiro atoms. The zero-order chi connectivity index (χ0) is 14.0. The average Bonchev–Trinajstić information content (AvgIpc) is 2.39. The van der Waals surface area contributed by atoms with Crippen LogP contribution in [0.15, 0.2) is 18.2 Å². The first-order chi connectivity index (χ1) is 9.04. The van der Waals surface area contributed by atoms with Crippen molar-refractivity contribution in [3.8, 4) is 12.3 Å². The molecule has 2 rings (SSSR count). The van der Waals surface area contributed by atoms with E-state index in [4.69, 9.17) is 18.0 Å². The van der Waals surface area contributed by atoms with Gasteiger partial charge in [-0.25, -0.2) is 0 Å². The molecule has 0 N–H and O–H groups in total. The molecule has 4 nitrogen and oxygen atoms in total. The largest absolute Gasteiger partial charge is 0.322 e. The summed E-state index contributed by atoms with van der Waals surface area (Å²) < 4.78 is 0. The number of piperazine rings is 1. The molecule has 0 atom stereocenters. The molecule has 1 aromatic carbocycles. The molecule has 0 unspecified atom stereocenters. The van der Waals surface area contributed by atoms with Gasteiger partial charge in [0.25, 0.3) is 0 Å². The van der Waals surface area contributed by atoms with E-state index in [1.165, 1.54) is 9.80 Å². The third-order valence-corrected chi connectivity index (χ3v) is 3.47. The molecule has 1 heterocycles. The number of benzene rings is 1. The number of amides is 2. The number of hydrogen-bond acceptors (Lipinski definition) is 2. The van der Waals surface area contributed by atoms with Gasteiger partial charge >= 0.3 is 11.8 Å². The number of aryl methyl sites for hydroxylation is 1. The second-order valence-electron chi connectivity index (χ2n) is 4.32. The Bertz CT molecular complexity index is 577. The van der Waals surface area contributed by atoms with Crippen LogP contribution in [0.1, 0.15) is 5.56 Å². The van der Waals surface area contributed by atoms with Crippen molar-refractivity contribution in [3.63, 3.8) is 0 Å². The minimum absolute atomic E-state index is 0.160. The van der Waals surface area contributed by atoms with Crippen molar-refractivity contribution in [1.29, 1.82) is 0 Å². The zero-order valence-electron chi connectivity index (χ0n) is 10.5. The van der Waals surface area contributed by atoms with Gasteiger partial charge in [0.05, 0.1) is 6.54 Å². The summed E-state index contributed by atoms with van der Waals surface area (Å²) in [6.07, 6.45) is 5.16. The lowest BCUT2D eigenvalue weighted by Gasteiger charge is -2.32. The summed E-state index contributed by atoms with van der Waals surface area (Å²) in [7, 11) is 0. The minimum Gasteiger partial charge on any atom is -0.322 e. The van der Waals surface area contributed by atoms with Crippen LogP contribution in [0.25, 0.3) is 0 Å². The molecule has 0 bridgehead atoms. The molecule has 0 radical (unpaired) electrons. The highest BCUT2D eigenvalue weighted by atomic mass is 35.5. The maximum atomic E-state index is 12.0. The average molecular weight is 277 g/mol. The highest BCUT2D eigenvalue weighted by molar-refractivity contribution is 6.41. The summed E-state index contributed by atoms with van der Waals surface area (Å²) >= 11 is 6.04. The van der Waals surface area contributed by atoms with E-state index in [9.17, 15) is 9.59 Å². The van der Waals surface area contributed by atoms with E-state index in [0.717, 1.165) is 5.56 Å². The van der Waals surface area contributed by atoms with Crippen molar-refractivity contribution in [2.75, 3.05) is 24.5 Å². The van der Waals surface area contributed by atoms with Crippen LogP contribution in [0.2, 0.25) is 5.02 Å². The summed E-state index contributed by atoms with van der Waals surface area (Å²) in [5, 5.41) is 0.573. The highest BCUT2D eigenvalue weighted by Gasteiger charge is 2.32. The van der Waals surface area contributed by atoms with E-state index < -0.39 is 11.8 Å². The predicted molar refractivity (Wildman–Crippen MR) is 74.0 cm³/mol. The summed E-state index contributed by atoms with van der Waals surface area (Å²) in [4.78, 5) is 26.7. The van der Waals surface area contributed by atoms with Crippen molar-refractivity contribution in [2.45, 2.75) is 6.92 Å². The fourth-order valence-corrected chi connectivity index (χ4v) is 2.11. The topological polar surface area (TPSA) is 40.6 Å². The Morgan fingerprint density at radius 1 is 1.32 bits per heavy atom. The molecule has 0 saturated carbocycles. The number of nitrogens with zero attached hydrogens (tertiary/aromatic N) is 2. The molecule has 1 aliphatic heterocycles. The van der Waals surface area contributed by atoms with Gasteiger partial charge in [-0.1, -0.05) is 23.6 Å². The van der Waals surface area contributed by atoms with Crippen LogP contribution in [-0.4, -0.2) is 36.3 Å². The lowest BCUT2D eigenvalue weighted by atomic mass is 10.2. The maximum Gasteiger partial charge on any atom is 0.316 e. The Hall–Kier alpha value is -1.99. The van der Waals surface area contributed by atoms with Crippen molar-refractivity contribution in [3.05, 3.63) is 28.8 Å². The fourth-order valence-electron chi connectivity index (χ4n) is 1.93. The van der Waals surface area contributed by atoms with Crippen LogP contribution in [-0.2, 0) is 9.59 Å². The van der Waals surface area contributed by atoms with E-state index in [1.807, 2.05) is 13.0 Å². The molecule has 1 aliphatic rings. The minimum atomic E-state index is -0.569. The molecule has 0 aromatic heterocycles. The number of rotatable bonds is 2. The van der Waals surface area contributed by atoms with Crippen LogP contribution >= 0.6 is 11.6 Å².